The van der Waals surface area contributed by atoms with Crippen molar-refractivity contribution >= 4 is 31.9 Å². The van der Waals surface area contributed by atoms with Gasteiger partial charge in [-0.25, -0.2) is 4.39 Å². The molecule has 0 spiro atoms. The van der Waals surface area contributed by atoms with Gasteiger partial charge in [0.05, 0.1) is 15.0 Å². The van der Waals surface area contributed by atoms with Crippen molar-refractivity contribution in [3.8, 4) is 5.75 Å². The van der Waals surface area contributed by atoms with Crippen molar-refractivity contribution in [3.05, 3.63) is 62.3 Å². The number of hydrogen-bond donors (Lipinski definition) is 1. The number of rotatable bonds is 6. The monoisotopic (exact) mass is 429 g/mol. The quantitative estimate of drug-likeness (QED) is 0.659. The molecular formula is C17H18Br2FNO. The molecule has 0 bridgehead atoms. The van der Waals surface area contributed by atoms with E-state index < -0.39 is 0 Å². The Morgan fingerprint density at radius 2 is 1.55 bits per heavy atom. The molecule has 2 aromatic rings. The lowest BCUT2D eigenvalue weighted by molar-refractivity contribution is 0.239. The molecular weight excluding hydrogens is 413 g/mol. The van der Waals surface area contributed by atoms with Gasteiger partial charge in [0, 0.05) is 13.1 Å². The summed E-state index contributed by atoms with van der Waals surface area (Å²) in [7, 11) is 0. The minimum atomic E-state index is -0.211. The van der Waals surface area contributed by atoms with Crippen molar-refractivity contribution < 1.29 is 9.13 Å². The second-order valence-electron chi connectivity index (χ2n) is 5.29. The minimum Gasteiger partial charge on any atom is -0.489 e. The summed E-state index contributed by atoms with van der Waals surface area (Å²) >= 11 is 7.09. The van der Waals surface area contributed by atoms with E-state index in [1.807, 2.05) is 26.0 Å². The Balaban J connectivity index is 1.97. The molecule has 0 unspecified atom stereocenters. The third-order valence-electron chi connectivity index (χ3n) is 2.98. The van der Waals surface area contributed by atoms with Gasteiger partial charge in [-0.1, -0.05) is 12.1 Å². The largest absolute Gasteiger partial charge is 0.489 e. The van der Waals surface area contributed by atoms with Gasteiger partial charge in [0.1, 0.15) is 11.6 Å². The second-order valence-corrected chi connectivity index (χ2v) is 6.99. The maximum atomic E-state index is 12.8. The predicted octanol–water partition coefficient (Wildman–Crippen LogP) is 5.43. The summed E-state index contributed by atoms with van der Waals surface area (Å²) in [5.74, 6) is 0.606. The van der Waals surface area contributed by atoms with Gasteiger partial charge >= 0.3 is 0 Å². The Bertz CT molecular complexity index is 606. The normalized spacial score (nSPS) is 11.0. The molecule has 0 aliphatic rings. The van der Waals surface area contributed by atoms with Crippen molar-refractivity contribution in [2.75, 3.05) is 0 Å². The van der Waals surface area contributed by atoms with Crippen molar-refractivity contribution in [3.63, 3.8) is 0 Å². The maximum Gasteiger partial charge on any atom is 0.148 e. The standard InChI is InChI=1S/C17H18Br2FNO/c1-11(2)22-17-15(18)7-13(8-16(17)19)10-21-9-12-3-5-14(20)6-4-12/h3-8,11,21H,9-10H2,1-2H3. The molecule has 0 atom stereocenters. The Labute approximate surface area is 147 Å². The van der Waals surface area contributed by atoms with Crippen LogP contribution in [-0.2, 0) is 13.1 Å². The fourth-order valence-electron chi connectivity index (χ4n) is 2.02. The van der Waals surface area contributed by atoms with Gasteiger partial charge in [0.15, 0.2) is 0 Å². The molecule has 2 nitrogen and oxygen atoms in total. The van der Waals surface area contributed by atoms with Gasteiger partial charge < -0.3 is 10.1 Å². The van der Waals surface area contributed by atoms with Gasteiger partial charge in [-0.2, -0.15) is 0 Å². The van der Waals surface area contributed by atoms with Crippen LogP contribution in [0.4, 0.5) is 4.39 Å². The molecule has 22 heavy (non-hydrogen) atoms. The average molecular weight is 431 g/mol. The molecule has 0 amide bonds. The van der Waals surface area contributed by atoms with Gasteiger partial charge in [-0.05, 0) is 81.1 Å². The van der Waals surface area contributed by atoms with Crippen LogP contribution in [0.1, 0.15) is 25.0 Å². The summed E-state index contributed by atoms with van der Waals surface area (Å²) in [6, 6.07) is 10.6. The van der Waals surface area contributed by atoms with Gasteiger partial charge in [-0.3, -0.25) is 0 Å². The number of benzene rings is 2. The van der Waals surface area contributed by atoms with E-state index in [9.17, 15) is 4.39 Å². The number of halogens is 3. The van der Waals surface area contributed by atoms with E-state index in [0.29, 0.717) is 6.54 Å². The fraction of sp³-hybridized carbons (Fsp3) is 0.294. The maximum absolute atomic E-state index is 12.8. The van der Waals surface area contributed by atoms with Crippen LogP contribution in [0.2, 0.25) is 0 Å². The lowest BCUT2D eigenvalue weighted by Crippen LogP contribution is -2.13. The zero-order valence-electron chi connectivity index (χ0n) is 12.5. The van der Waals surface area contributed by atoms with E-state index >= 15 is 0 Å². The average Bonchev–Trinajstić information content (AvgIpc) is 2.45. The zero-order valence-corrected chi connectivity index (χ0v) is 15.7. The molecule has 0 heterocycles. The van der Waals surface area contributed by atoms with Crippen LogP contribution in [0.3, 0.4) is 0 Å². The Kier molecular flexibility index (Phi) is 6.41. The summed E-state index contributed by atoms with van der Waals surface area (Å²) in [6.45, 7) is 5.41. The van der Waals surface area contributed by atoms with Gasteiger partial charge in [-0.15, -0.1) is 0 Å². The minimum absolute atomic E-state index is 0.120. The van der Waals surface area contributed by atoms with Crippen LogP contribution in [0.25, 0.3) is 0 Å². The van der Waals surface area contributed by atoms with E-state index in [0.717, 1.165) is 32.4 Å². The van der Waals surface area contributed by atoms with E-state index in [-0.39, 0.29) is 11.9 Å². The third-order valence-corrected chi connectivity index (χ3v) is 4.16. The fourth-order valence-corrected chi connectivity index (χ4v) is 3.48. The smallest absolute Gasteiger partial charge is 0.148 e. The van der Waals surface area contributed by atoms with E-state index in [1.54, 1.807) is 12.1 Å². The predicted molar refractivity (Wildman–Crippen MR) is 94.5 cm³/mol. The Morgan fingerprint density at radius 1 is 1.00 bits per heavy atom. The zero-order chi connectivity index (χ0) is 16.1. The van der Waals surface area contributed by atoms with Crippen molar-refractivity contribution in [1.29, 1.82) is 0 Å². The van der Waals surface area contributed by atoms with E-state index in [2.05, 4.69) is 37.2 Å². The van der Waals surface area contributed by atoms with Gasteiger partial charge in [0.25, 0.3) is 0 Å². The van der Waals surface area contributed by atoms with Crippen molar-refractivity contribution in [2.24, 2.45) is 0 Å². The molecule has 0 saturated heterocycles. The Morgan fingerprint density at radius 3 is 2.09 bits per heavy atom. The molecule has 0 saturated carbocycles. The number of nitrogens with one attached hydrogen (secondary N) is 1. The first-order valence-corrected chi connectivity index (χ1v) is 8.64. The highest BCUT2D eigenvalue weighted by Crippen LogP contribution is 2.35. The molecule has 0 aliphatic carbocycles. The molecule has 2 rings (SSSR count). The highest BCUT2D eigenvalue weighted by Gasteiger charge is 2.10. The summed E-state index contributed by atoms with van der Waals surface area (Å²) in [5.41, 5.74) is 2.19. The van der Waals surface area contributed by atoms with Crippen LogP contribution in [0.5, 0.6) is 5.75 Å². The molecule has 0 aliphatic heterocycles. The topological polar surface area (TPSA) is 21.3 Å². The first-order chi connectivity index (χ1) is 10.5. The first-order valence-electron chi connectivity index (χ1n) is 7.05. The highest BCUT2D eigenvalue weighted by molar-refractivity contribution is 9.11. The molecule has 0 aromatic heterocycles. The van der Waals surface area contributed by atoms with Crippen molar-refractivity contribution in [1.82, 2.24) is 5.32 Å². The lowest BCUT2D eigenvalue weighted by atomic mass is 10.2. The molecule has 1 N–H and O–H groups in total. The van der Waals surface area contributed by atoms with Crippen LogP contribution < -0.4 is 10.1 Å². The molecule has 2 aromatic carbocycles. The Hall–Kier alpha value is -0.910. The van der Waals surface area contributed by atoms with E-state index in [1.165, 1.54) is 12.1 Å². The third kappa shape index (κ3) is 5.07. The summed E-state index contributed by atoms with van der Waals surface area (Å²) in [5, 5.41) is 3.35. The number of hydrogen-bond acceptors (Lipinski definition) is 2. The van der Waals surface area contributed by atoms with Crippen LogP contribution in [0.15, 0.2) is 45.3 Å². The molecule has 0 fully saturated rings. The SMILES string of the molecule is CC(C)Oc1c(Br)cc(CNCc2ccc(F)cc2)cc1Br. The molecule has 5 heteroatoms. The van der Waals surface area contributed by atoms with Gasteiger partial charge in [0.2, 0.25) is 0 Å². The van der Waals surface area contributed by atoms with Crippen LogP contribution >= 0.6 is 31.9 Å². The van der Waals surface area contributed by atoms with Crippen molar-refractivity contribution in [2.45, 2.75) is 33.0 Å². The summed E-state index contributed by atoms with van der Waals surface area (Å²) in [6.07, 6.45) is 0.120. The van der Waals surface area contributed by atoms with E-state index in [4.69, 9.17) is 4.74 Å². The van der Waals surface area contributed by atoms with Crippen LogP contribution in [-0.4, -0.2) is 6.10 Å². The molecule has 118 valence electrons. The lowest BCUT2D eigenvalue weighted by Gasteiger charge is -2.15. The summed E-state index contributed by atoms with van der Waals surface area (Å²) < 4.78 is 20.5. The molecule has 0 radical (unpaired) electrons. The summed E-state index contributed by atoms with van der Waals surface area (Å²) in [4.78, 5) is 0. The first kappa shape index (κ1) is 17.4. The number of ether oxygens (including phenoxy) is 1. The van der Waals surface area contributed by atoms with Crippen LogP contribution in [0, 0.1) is 5.82 Å². The second kappa shape index (κ2) is 8.09. The highest BCUT2D eigenvalue weighted by atomic mass is 79.9.